The van der Waals surface area contributed by atoms with Gasteiger partial charge in [-0.3, -0.25) is 0 Å². The summed E-state index contributed by atoms with van der Waals surface area (Å²) < 4.78 is 5.70. The van der Waals surface area contributed by atoms with E-state index >= 15 is 0 Å². The van der Waals surface area contributed by atoms with Crippen molar-refractivity contribution < 1.29 is 4.74 Å². The lowest BCUT2D eigenvalue weighted by atomic mass is 9.94. The molecular formula is C16H25NO. The van der Waals surface area contributed by atoms with Crippen LogP contribution in [0.1, 0.15) is 26.3 Å². The van der Waals surface area contributed by atoms with Gasteiger partial charge in [-0.2, -0.15) is 0 Å². The first kappa shape index (κ1) is 14.9. The highest BCUT2D eigenvalue weighted by atomic mass is 16.5. The van der Waals surface area contributed by atoms with Gasteiger partial charge in [0.2, 0.25) is 0 Å². The van der Waals surface area contributed by atoms with E-state index in [9.17, 15) is 0 Å². The number of rotatable bonds is 8. The number of nitrogens with one attached hydrogen (secondary N) is 1. The Bertz CT molecular complexity index is 345. The van der Waals surface area contributed by atoms with Gasteiger partial charge in [0.1, 0.15) is 0 Å². The first-order valence-electron chi connectivity index (χ1n) is 6.52. The number of hydrogen-bond acceptors (Lipinski definition) is 2. The standard InChI is InChI=1S/C16H25NO/c1-5-14(2)18-13-16(3,4)12-17-11-15-9-7-6-8-10-15/h5-10,14,17H,1,11-13H2,2-4H3. The zero-order valence-corrected chi connectivity index (χ0v) is 11.8. The van der Waals surface area contributed by atoms with E-state index < -0.39 is 0 Å². The summed E-state index contributed by atoms with van der Waals surface area (Å²) in [5, 5.41) is 3.48. The lowest BCUT2D eigenvalue weighted by Gasteiger charge is -2.26. The zero-order valence-electron chi connectivity index (χ0n) is 11.8. The molecule has 0 bridgehead atoms. The predicted molar refractivity (Wildman–Crippen MR) is 77.5 cm³/mol. The van der Waals surface area contributed by atoms with Gasteiger partial charge >= 0.3 is 0 Å². The first-order chi connectivity index (χ1) is 8.53. The lowest BCUT2D eigenvalue weighted by molar-refractivity contribution is 0.0352. The monoisotopic (exact) mass is 247 g/mol. The molecule has 1 rings (SSSR count). The minimum atomic E-state index is 0.124. The van der Waals surface area contributed by atoms with Crippen LogP contribution in [0.2, 0.25) is 0 Å². The van der Waals surface area contributed by atoms with Gasteiger partial charge in [0.25, 0.3) is 0 Å². The van der Waals surface area contributed by atoms with Gasteiger partial charge in [-0.15, -0.1) is 6.58 Å². The molecule has 100 valence electrons. The van der Waals surface area contributed by atoms with E-state index in [0.29, 0.717) is 0 Å². The van der Waals surface area contributed by atoms with E-state index in [4.69, 9.17) is 4.74 Å². The van der Waals surface area contributed by atoms with Crippen molar-refractivity contribution in [3.8, 4) is 0 Å². The SMILES string of the molecule is C=CC(C)OCC(C)(C)CNCc1ccccc1. The van der Waals surface area contributed by atoms with E-state index in [1.807, 2.05) is 19.1 Å². The Hall–Kier alpha value is -1.12. The van der Waals surface area contributed by atoms with Gasteiger partial charge in [-0.1, -0.05) is 50.3 Å². The summed E-state index contributed by atoms with van der Waals surface area (Å²) in [5.41, 5.74) is 1.44. The minimum absolute atomic E-state index is 0.124. The molecule has 0 aromatic heterocycles. The number of hydrogen-bond donors (Lipinski definition) is 1. The topological polar surface area (TPSA) is 21.3 Å². The summed E-state index contributed by atoms with van der Waals surface area (Å²) in [6.07, 6.45) is 1.95. The Kier molecular flexibility index (Phi) is 6.10. The fraction of sp³-hybridized carbons (Fsp3) is 0.500. The zero-order chi connectivity index (χ0) is 13.4. The molecule has 0 radical (unpaired) electrons. The van der Waals surface area contributed by atoms with Crippen LogP contribution in [0.5, 0.6) is 0 Å². The van der Waals surface area contributed by atoms with E-state index in [2.05, 4.69) is 50.0 Å². The molecule has 0 amide bonds. The van der Waals surface area contributed by atoms with Crippen LogP contribution in [0.25, 0.3) is 0 Å². The highest BCUT2D eigenvalue weighted by Crippen LogP contribution is 2.15. The summed E-state index contributed by atoms with van der Waals surface area (Å²) in [6, 6.07) is 10.4. The maximum Gasteiger partial charge on any atom is 0.0725 e. The van der Waals surface area contributed by atoms with Crippen LogP contribution in [-0.2, 0) is 11.3 Å². The van der Waals surface area contributed by atoms with Gasteiger partial charge in [-0.05, 0) is 12.5 Å². The van der Waals surface area contributed by atoms with E-state index in [1.54, 1.807) is 0 Å². The van der Waals surface area contributed by atoms with Crippen molar-refractivity contribution in [2.45, 2.75) is 33.4 Å². The van der Waals surface area contributed by atoms with E-state index in [-0.39, 0.29) is 11.5 Å². The number of benzene rings is 1. The quantitative estimate of drug-likeness (QED) is 0.711. The molecule has 1 aromatic carbocycles. The van der Waals surface area contributed by atoms with Crippen molar-refractivity contribution in [3.63, 3.8) is 0 Å². The summed E-state index contributed by atoms with van der Waals surface area (Å²) in [4.78, 5) is 0. The van der Waals surface area contributed by atoms with E-state index in [0.717, 1.165) is 19.7 Å². The summed E-state index contributed by atoms with van der Waals surface area (Å²) in [5.74, 6) is 0. The molecule has 1 unspecified atom stereocenters. The minimum Gasteiger partial charge on any atom is -0.374 e. The van der Waals surface area contributed by atoms with Crippen molar-refractivity contribution in [1.29, 1.82) is 0 Å². The summed E-state index contributed by atoms with van der Waals surface area (Å²) in [7, 11) is 0. The fourth-order valence-electron chi connectivity index (χ4n) is 1.62. The molecule has 0 aliphatic rings. The highest BCUT2D eigenvalue weighted by Gasteiger charge is 2.18. The summed E-state index contributed by atoms with van der Waals surface area (Å²) in [6.45, 7) is 12.7. The van der Waals surface area contributed by atoms with Crippen molar-refractivity contribution in [2.24, 2.45) is 5.41 Å². The molecular weight excluding hydrogens is 222 g/mol. The lowest BCUT2D eigenvalue weighted by Crippen LogP contribution is -2.33. The van der Waals surface area contributed by atoms with E-state index in [1.165, 1.54) is 5.56 Å². The second-order valence-corrected chi connectivity index (χ2v) is 5.51. The second kappa shape index (κ2) is 7.34. The molecule has 0 spiro atoms. The van der Waals surface area contributed by atoms with Crippen LogP contribution in [0.4, 0.5) is 0 Å². The molecule has 18 heavy (non-hydrogen) atoms. The molecule has 1 atom stereocenters. The Morgan fingerprint density at radius 1 is 1.33 bits per heavy atom. The Morgan fingerprint density at radius 3 is 2.61 bits per heavy atom. The smallest absolute Gasteiger partial charge is 0.0725 e. The summed E-state index contributed by atoms with van der Waals surface area (Å²) >= 11 is 0. The van der Waals surface area contributed by atoms with Gasteiger partial charge in [-0.25, -0.2) is 0 Å². The van der Waals surface area contributed by atoms with Gasteiger partial charge < -0.3 is 10.1 Å². The molecule has 2 heteroatoms. The van der Waals surface area contributed by atoms with Crippen molar-refractivity contribution in [3.05, 3.63) is 48.6 Å². The molecule has 1 N–H and O–H groups in total. The van der Waals surface area contributed by atoms with Gasteiger partial charge in [0.15, 0.2) is 0 Å². The fourth-order valence-corrected chi connectivity index (χ4v) is 1.62. The van der Waals surface area contributed by atoms with Crippen LogP contribution in [0.15, 0.2) is 43.0 Å². The third-order valence-corrected chi connectivity index (χ3v) is 2.84. The van der Waals surface area contributed by atoms with Crippen LogP contribution in [0.3, 0.4) is 0 Å². The van der Waals surface area contributed by atoms with Gasteiger partial charge in [0.05, 0.1) is 12.7 Å². The molecule has 1 aromatic rings. The maximum absolute atomic E-state index is 5.70. The second-order valence-electron chi connectivity index (χ2n) is 5.51. The molecule has 0 saturated carbocycles. The molecule has 0 aliphatic heterocycles. The van der Waals surface area contributed by atoms with Crippen LogP contribution < -0.4 is 5.32 Å². The molecule has 0 heterocycles. The third kappa shape index (κ3) is 5.99. The average molecular weight is 247 g/mol. The number of ether oxygens (including phenoxy) is 1. The van der Waals surface area contributed by atoms with Crippen molar-refractivity contribution >= 4 is 0 Å². The molecule has 0 aliphatic carbocycles. The van der Waals surface area contributed by atoms with Crippen LogP contribution in [0, 0.1) is 5.41 Å². The maximum atomic E-state index is 5.70. The first-order valence-corrected chi connectivity index (χ1v) is 6.52. The largest absolute Gasteiger partial charge is 0.374 e. The van der Waals surface area contributed by atoms with Crippen molar-refractivity contribution in [1.82, 2.24) is 5.32 Å². The van der Waals surface area contributed by atoms with Crippen LogP contribution >= 0.6 is 0 Å². The molecule has 2 nitrogen and oxygen atoms in total. The Balaban J connectivity index is 2.26. The third-order valence-electron chi connectivity index (χ3n) is 2.84. The highest BCUT2D eigenvalue weighted by molar-refractivity contribution is 5.14. The Labute approximate surface area is 111 Å². The average Bonchev–Trinajstić information content (AvgIpc) is 2.37. The van der Waals surface area contributed by atoms with Crippen LogP contribution in [-0.4, -0.2) is 19.3 Å². The predicted octanol–water partition coefficient (Wildman–Crippen LogP) is 3.39. The molecule has 0 fully saturated rings. The van der Waals surface area contributed by atoms with Gasteiger partial charge in [0, 0.05) is 18.5 Å². The Morgan fingerprint density at radius 2 is 2.00 bits per heavy atom. The molecule has 0 saturated heterocycles. The van der Waals surface area contributed by atoms with Crippen molar-refractivity contribution in [2.75, 3.05) is 13.2 Å². The normalized spacial score (nSPS) is 13.3.